The molecule has 1 aliphatic rings. The third-order valence-corrected chi connectivity index (χ3v) is 3.25. The molecule has 0 saturated carbocycles. The fraction of sp³-hybridized carbons (Fsp3) is 0.700. The Bertz CT molecular complexity index is 210. The van der Waals surface area contributed by atoms with E-state index in [9.17, 15) is 0 Å². The third-order valence-electron chi connectivity index (χ3n) is 2.61. The first kappa shape index (κ1) is 9.72. The molecule has 2 heteroatoms. The molecule has 0 radical (unpaired) electrons. The lowest BCUT2D eigenvalue weighted by Gasteiger charge is -2.22. The van der Waals surface area contributed by atoms with E-state index in [0.29, 0.717) is 0 Å². The van der Waals surface area contributed by atoms with E-state index in [0.717, 1.165) is 24.4 Å². The number of thiocarbonyl (C=S) groups is 1. The van der Waals surface area contributed by atoms with Crippen molar-refractivity contribution in [2.24, 2.45) is 5.41 Å². The average Bonchev–Trinajstić information content (AvgIpc) is 2.30. The Labute approximate surface area is 80.2 Å². The minimum atomic E-state index is 0.244. The minimum absolute atomic E-state index is 0.244. The Kier molecular flexibility index (Phi) is 2.89. The van der Waals surface area contributed by atoms with Crippen molar-refractivity contribution in [2.75, 3.05) is 6.54 Å². The van der Waals surface area contributed by atoms with Crippen molar-refractivity contribution >= 4 is 17.2 Å². The lowest BCUT2D eigenvalue weighted by Crippen LogP contribution is -2.26. The standard InChI is InChI=1S/C10H17NS/c1-8(2)4-5-10(3)6-7-11-9(10)12/h1,4-7H2,2-3H3,(H,11,12). The quantitative estimate of drug-likeness (QED) is 0.533. The summed E-state index contributed by atoms with van der Waals surface area (Å²) in [4.78, 5) is 1.05. The van der Waals surface area contributed by atoms with E-state index < -0.39 is 0 Å². The fourth-order valence-corrected chi connectivity index (χ4v) is 1.81. The Morgan fingerprint density at radius 1 is 1.75 bits per heavy atom. The summed E-state index contributed by atoms with van der Waals surface area (Å²) in [7, 11) is 0. The molecule has 0 amide bonds. The van der Waals surface area contributed by atoms with Gasteiger partial charge in [0.2, 0.25) is 0 Å². The molecule has 1 fully saturated rings. The van der Waals surface area contributed by atoms with E-state index in [1.54, 1.807) is 0 Å². The van der Waals surface area contributed by atoms with Crippen LogP contribution in [0.2, 0.25) is 0 Å². The van der Waals surface area contributed by atoms with Gasteiger partial charge in [0.05, 0.1) is 4.99 Å². The molecule has 1 atom stereocenters. The maximum Gasteiger partial charge on any atom is 0.0814 e. The first-order chi connectivity index (χ1) is 5.54. The van der Waals surface area contributed by atoms with Crippen LogP contribution in [0.15, 0.2) is 12.2 Å². The summed E-state index contributed by atoms with van der Waals surface area (Å²) in [5.74, 6) is 0. The summed E-state index contributed by atoms with van der Waals surface area (Å²) < 4.78 is 0. The number of nitrogens with one attached hydrogen (secondary N) is 1. The molecule has 1 saturated heterocycles. The molecule has 0 aromatic rings. The molecule has 1 aliphatic heterocycles. The van der Waals surface area contributed by atoms with Crippen LogP contribution in [0, 0.1) is 5.41 Å². The normalized spacial score (nSPS) is 28.7. The lowest BCUT2D eigenvalue weighted by molar-refractivity contribution is 0.435. The van der Waals surface area contributed by atoms with Crippen LogP contribution >= 0.6 is 12.2 Å². The van der Waals surface area contributed by atoms with Gasteiger partial charge in [0.1, 0.15) is 0 Å². The highest BCUT2D eigenvalue weighted by Crippen LogP contribution is 2.33. The van der Waals surface area contributed by atoms with Gasteiger partial charge in [-0.15, -0.1) is 6.58 Å². The van der Waals surface area contributed by atoms with Gasteiger partial charge in [-0.1, -0.05) is 24.7 Å². The predicted octanol–water partition coefficient (Wildman–Crippen LogP) is 2.67. The SMILES string of the molecule is C=C(C)CCC1(C)CCNC1=S. The van der Waals surface area contributed by atoms with Crippen LogP contribution in [0.5, 0.6) is 0 Å². The topological polar surface area (TPSA) is 12.0 Å². The number of rotatable bonds is 3. The molecular formula is C10H17NS. The van der Waals surface area contributed by atoms with Crippen molar-refractivity contribution in [2.45, 2.75) is 33.1 Å². The van der Waals surface area contributed by atoms with Gasteiger partial charge in [-0.25, -0.2) is 0 Å². The monoisotopic (exact) mass is 183 g/mol. The zero-order chi connectivity index (χ0) is 9.19. The van der Waals surface area contributed by atoms with E-state index in [-0.39, 0.29) is 5.41 Å². The summed E-state index contributed by atoms with van der Waals surface area (Å²) in [6.45, 7) is 9.28. The van der Waals surface area contributed by atoms with E-state index in [1.807, 2.05) is 0 Å². The van der Waals surface area contributed by atoms with Crippen molar-refractivity contribution in [3.63, 3.8) is 0 Å². The molecule has 0 aromatic carbocycles. The Morgan fingerprint density at radius 3 is 2.83 bits per heavy atom. The molecular weight excluding hydrogens is 166 g/mol. The maximum atomic E-state index is 5.27. The van der Waals surface area contributed by atoms with Gasteiger partial charge in [0, 0.05) is 12.0 Å². The Balaban J connectivity index is 2.48. The van der Waals surface area contributed by atoms with Gasteiger partial charge in [-0.3, -0.25) is 0 Å². The highest BCUT2D eigenvalue weighted by Gasteiger charge is 2.33. The summed E-state index contributed by atoms with van der Waals surface area (Å²) in [6.07, 6.45) is 3.42. The molecule has 0 aromatic heterocycles. The van der Waals surface area contributed by atoms with E-state index in [2.05, 4.69) is 25.7 Å². The average molecular weight is 183 g/mol. The van der Waals surface area contributed by atoms with Crippen LogP contribution in [0.4, 0.5) is 0 Å². The highest BCUT2D eigenvalue weighted by atomic mass is 32.1. The molecule has 1 nitrogen and oxygen atoms in total. The predicted molar refractivity (Wildman–Crippen MR) is 57.4 cm³/mol. The first-order valence-electron chi connectivity index (χ1n) is 4.47. The molecule has 1 unspecified atom stereocenters. The zero-order valence-electron chi connectivity index (χ0n) is 7.94. The summed E-state index contributed by atoms with van der Waals surface area (Å²) >= 11 is 5.27. The van der Waals surface area contributed by atoms with Crippen molar-refractivity contribution in [3.05, 3.63) is 12.2 Å². The largest absolute Gasteiger partial charge is 0.379 e. The molecule has 0 aliphatic carbocycles. The fourth-order valence-electron chi connectivity index (χ4n) is 1.51. The molecule has 1 heterocycles. The summed E-state index contributed by atoms with van der Waals surface area (Å²) in [5, 5.41) is 3.24. The molecule has 68 valence electrons. The van der Waals surface area contributed by atoms with Crippen LogP contribution < -0.4 is 5.32 Å². The van der Waals surface area contributed by atoms with Gasteiger partial charge in [0.25, 0.3) is 0 Å². The molecule has 0 bridgehead atoms. The molecule has 1 rings (SSSR count). The second-order valence-corrected chi connectivity index (χ2v) is 4.43. The lowest BCUT2D eigenvalue weighted by atomic mass is 9.83. The second-order valence-electron chi connectivity index (χ2n) is 4.02. The smallest absolute Gasteiger partial charge is 0.0814 e. The van der Waals surface area contributed by atoms with Gasteiger partial charge < -0.3 is 5.32 Å². The van der Waals surface area contributed by atoms with Crippen molar-refractivity contribution in [1.29, 1.82) is 0 Å². The first-order valence-corrected chi connectivity index (χ1v) is 4.88. The Morgan fingerprint density at radius 2 is 2.42 bits per heavy atom. The van der Waals surface area contributed by atoms with Crippen LogP contribution in [0.1, 0.15) is 33.1 Å². The number of hydrogen-bond donors (Lipinski definition) is 1. The zero-order valence-corrected chi connectivity index (χ0v) is 8.76. The van der Waals surface area contributed by atoms with Crippen LogP contribution in [-0.2, 0) is 0 Å². The van der Waals surface area contributed by atoms with Gasteiger partial charge in [-0.05, 0) is 26.2 Å². The van der Waals surface area contributed by atoms with Crippen molar-refractivity contribution in [1.82, 2.24) is 5.32 Å². The van der Waals surface area contributed by atoms with Crippen LogP contribution in [0.3, 0.4) is 0 Å². The number of allylic oxidation sites excluding steroid dienone is 1. The van der Waals surface area contributed by atoms with Gasteiger partial charge in [0.15, 0.2) is 0 Å². The van der Waals surface area contributed by atoms with Gasteiger partial charge >= 0.3 is 0 Å². The summed E-state index contributed by atoms with van der Waals surface area (Å²) in [6, 6.07) is 0. The van der Waals surface area contributed by atoms with Crippen molar-refractivity contribution < 1.29 is 0 Å². The number of hydrogen-bond acceptors (Lipinski definition) is 1. The van der Waals surface area contributed by atoms with Crippen LogP contribution in [-0.4, -0.2) is 11.5 Å². The van der Waals surface area contributed by atoms with Crippen molar-refractivity contribution in [3.8, 4) is 0 Å². The van der Waals surface area contributed by atoms with E-state index in [1.165, 1.54) is 12.0 Å². The van der Waals surface area contributed by atoms with E-state index >= 15 is 0 Å². The molecule has 1 N–H and O–H groups in total. The maximum absolute atomic E-state index is 5.27. The highest BCUT2D eigenvalue weighted by molar-refractivity contribution is 7.80. The van der Waals surface area contributed by atoms with E-state index in [4.69, 9.17) is 12.2 Å². The molecule has 0 spiro atoms. The Hall–Kier alpha value is -0.370. The third kappa shape index (κ3) is 2.07. The minimum Gasteiger partial charge on any atom is -0.379 e. The van der Waals surface area contributed by atoms with Crippen LogP contribution in [0.25, 0.3) is 0 Å². The van der Waals surface area contributed by atoms with Gasteiger partial charge in [-0.2, -0.15) is 0 Å². The second kappa shape index (κ2) is 3.56. The molecule has 12 heavy (non-hydrogen) atoms. The summed E-state index contributed by atoms with van der Waals surface area (Å²) in [5.41, 5.74) is 1.50.